The first-order valence-corrected chi connectivity index (χ1v) is 7.51. The van der Waals surface area contributed by atoms with Crippen molar-refractivity contribution in [1.29, 1.82) is 0 Å². The van der Waals surface area contributed by atoms with Crippen molar-refractivity contribution in [3.05, 3.63) is 48.0 Å². The Hall–Kier alpha value is -2.36. The molecule has 0 saturated heterocycles. The maximum Gasteiger partial charge on any atom is 0.122 e. The molecule has 0 spiro atoms. The lowest BCUT2D eigenvalue weighted by Crippen LogP contribution is -1.86. The van der Waals surface area contributed by atoms with Crippen molar-refractivity contribution in [2.45, 2.75) is 39.0 Å². The van der Waals surface area contributed by atoms with E-state index >= 15 is 0 Å². The summed E-state index contributed by atoms with van der Waals surface area (Å²) in [5.74, 6) is 0.673. The van der Waals surface area contributed by atoms with Crippen LogP contribution in [0.4, 0.5) is 0 Å². The molecule has 4 nitrogen and oxygen atoms in total. The Morgan fingerprint density at radius 1 is 0.682 bits per heavy atom. The molecule has 120 valence electrons. The van der Waals surface area contributed by atoms with Gasteiger partial charge in [0.05, 0.1) is 0 Å². The average molecular weight is 304 g/mol. The molecule has 0 aliphatic carbocycles. The van der Waals surface area contributed by atoms with Gasteiger partial charge in [-0.3, -0.25) is 0 Å². The highest BCUT2D eigenvalue weighted by molar-refractivity contribution is 5.38. The largest absolute Gasteiger partial charge is 0.508 e. The molecule has 0 saturated carbocycles. The molecule has 0 heterocycles. The molecule has 0 aliphatic heterocycles. The Morgan fingerprint density at radius 3 is 1.73 bits per heavy atom. The molecular formula is C18H24O4. The van der Waals surface area contributed by atoms with Crippen LogP contribution >= 0.6 is 0 Å². The summed E-state index contributed by atoms with van der Waals surface area (Å²) in [5, 5.41) is 35.9. The maximum atomic E-state index is 9.49. The number of unbranched alkanes of at least 4 members (excludes halogenated alkanes) is 3. The summed E-state index contributed by atoms with van der Waals surface area (Å²) in [4.78, 5) is 0. The first-order chi connectivity index (χ1) is 10.5. The van der Waals surface area contributed by atoms with Gasteiger partial charge in [0.15, 0.2) is 0 Å². The van der Waals surface area contributed by atoms with Crippen LogP contribution in [0.1, 0.15) is 38.2 Å². The van der Waals surface area contributed by atoms with Gasteiger partial charge in [-0.15, -0.1) is 0 Å². The molecule has 0 bridgehead atoms. The molecule has 0 aliphatic rings. The van der Waals surface area contributed by atoms with E-state index in [4.69, 9.17) is 15.3 Å². The second kappa shape index (κ2) is 9.55. The Balaban J connectivity index is 0.000000255. The van der Waals surface area contributed by atoms with Gasteiger partial charge < -0.3 is 20.4 Å². The molecule has 0 radical (unpaired) electrons. The van der Waals surface area contributed by atoms with E-state index in [1.165, 1.54) is 49.6 Å². The van der Waals surface area contributed by atoms with E-state index in [0.29, 0.717) is 0 Å². The van der Waals surface area contributed by atoms with E-state index in [-0.39, 0.29) is 23.0 Å². The lowest BCUT2D eigenvalue weighted by atomic mass is 10.1. The second-order valence-corrected chi connectivity index (χ2v) is 5.14. The lowest BCUT2D eigenvalue weighted by molar-refractivity contribution is 0.445. The highest BCUT2D eigenvalue weighted by atomic mass is 16.3. The molecule has 2 rings (SSSR count). The minimum Gasteiger partial charge on any atom is -0.508 e. The van der Waals surface area contributed by atoms with Gasteiger partial charge in [-0.1, -0.05) is 32.3 Å². The molecule has 0 unspecified atom stereocenters. The standard InChI is InChI=1S/C12H18O2.C6H6O2/c1-2-3-4-5-6-10-7-8-11(13)9-12(10)14;7-5-1-2-6(8)4-3-5/h7-9,13-14H,2-6H2,1H3;1-4,7-8H. The van der Waals surface area contributed by atoms with Crippen LogP contribution in [0.2, 0.25) is 0 Å². The number of hydrogen-bond acceptors (Lipinski definition) is 4. The zero-order valence-electron chi connectivity index (χ0n) is 12.9. The van der Waals surface area contributed by atoms with Gasteiger partial charge in [-0.25, -0.2) is 0 Å². The van der Waals surface area contributed by atoms with Gasteiger partial charge in [0, 0.05) is 6.07 Å². The number of aromatic hydroxyl groups is 4. The summed E-state index contributed by atoms with van der Waals surface area (Å²) in [6.07, 6.45) is 5.68. The van der Waals surface area contributed by atoms with Gasteiger partial charge >= 0.3 is 0 Å². The molecule has 0 atom stereocenters. The minimum absolute atomic E-state index is 0.125. The monoisotopic (exact) mass is 304 g/mol. The number of aryl methyl sites for hydroxylation is 1. The van der Waals surface area contributed by atoms with Crippen LogP contribution in [0.3, 0.4) is 0 Å². The summed E-state index contributed by atoms with van der Waals surface area (Å²) in [6, 6.07) is 10.5. The van der Waals surface area contributed by atoms with Crippen LogP contribution in [-0.4, -0.2) is 20.4 Å². The van der Waals surface area contributed by atoms with Crippen LogP contribution in [0, 0.1) is 0 Å². The van der Waals surface area contributed by atoms with E-state index in [2.05, 4.69) is 6.92 Å². The van der Waals surface area contributed by atoms with Gasteiger partial charge in [-0.2, -0.15) is 0 Å². The quantitative estimate of drug-likeness (QED) is 0.490. The SMILES string of the molecule is CCCCCCc1ccc(O)cc1O.Oc1ccc(O)cc1. The van der Waals surface area contributed by atoms with Crippen molar-refractivity contribution in [3.8, 4) is 23.0 Å². The van der Waals surface area contributed by atoms with E-state index in [9.17, 15) is 5.11 Å². The highest BCUT2D eigenvalue weighted by Crippen LogP contribution is 2.24. The number of rotatable bonds is 5. The van der Waals surface area contributed by atoms with Gasteiger partial charge in [-0.05, 0) is 48.7 Å². The van der Waals surface area contributed by atoms with Crippen LogP contribution in [0.25, 0.3) is 0 Å². The van der Waals surface area contributed by atoms with Crippen LogP contribution < -0.4 is 0 Å². The summed E-state index contributed by atoms with van der Waals surface area (Å²) in [6.45, 7) is 2.18. The lowest BCUT2D eigenvalue weighted by Gasteiger charge is -2.04. The van der Waals surface area contributed by atoms with Crippen molar-refractivity contribution >= 4 is 0 Å². The molecule has 4 N–H and O–H groups in total. The van der Waals surface area contributed by atoms with Gasteiger partial charge in [0.2, 0.25) is 0 Å². The van der Waals surface area contributed by atoms with Crippen molar-refractivity contribution < 1.29 is 20.4 Å². The molecule has 2 aromatic carbocycles. The van der Waals surface area contributed by atoms with E-state index in [0.717, 1.165) is 18.4 Å². The topological polar surface area (TPSA) is 80.9 Å². The molecular weight excluding hydrogens is 280 g/mol. The van der Waals surface area contributed by atoms with E-state index < -0.39 is 0 Å². The Bertz CT molecular complexity index is 529. The Labute approximate surface area is 131 Å². The third-order valence-corrected chi connectivity index (χ3v) is 3.22. The summed E-state index contributed by atoms with van der Waals surface area (Å²) < 4.78 is 0. The predicted octanol–water partition coefficient (Wildman–Crippen LogP) is 4.32. The molecule has 4 heteroatoms. The van der Waals surface area contributed by atoms with Crippen molar-refractivity contribution in [2.24, 2.45) is 0 Å². The minimum atomic E-state index is 0.125. The number of benzene rings is 2. The fourth-order valence-corrected chi connectivity index (χ4v) is 1.96. The smallest absolute Gasteiger partial charge is 0.122 e. The molecule has 0 amide bonds. The van der Waals surface area contributed by atoms with Crippen molar-refractivity contribution in [1.82, 2.24) is 0 Å². The van der Waals surface area contributed by atoms with Crippen LogP contribution in [-0.2, 0) is 6.42 Å². The van der Waals surface area contributed by atoms with Crippen molar-refractivity contribution in [3.63, 3.8) is 0 Å². The van der Waals surface area contributed by atoms with E-state index in [1.54, 1.807) is 12.1 Å². The zero-order chi connectivity index (χ0) is 16.4. The molecule has 2 aromatic rings. The molecule has 0 fully saturated rings. The second-order valence-electron chi connectivity index (χ2n) is 5.14. The third kappa shape index (κ3) is 6.88. The van der Waals surface area contributed by atoms with Gasteiger partial charge in [0.1, 0.15) is 23.0 Å². The Kier molecular flexibility index (Phi) is 7.68. The third-order valence-electron chi connectivity index (χ3n) is 3.22. The predicted molar refractivity (Wildman–Crippen MR) is 87.4 cm³/mol. The zero-order valence-corrected chi connectivity index (χ0v) is 12.9. The first-order valence-electron chi connectivity index (χ1n) is 7.51. The average Bonchev–Trinajstić information content (AvgIpc) is 2.49. The normalized spacial score (nSPS) is 9.86. The van der Waals surface area contributed by atoms with E-state index in [1.807, 2.05) is 0 Å². The fourth-order valence-electron chi connectivity index (χ4n) is 1.96. The molecule has 0 aromatic heterocycles. The summed E-state index contributed by atoms with van der Waals surface area (Å²) >= 11 is 0. The number of phenolic OH excluding ortho intramolecular Hbond substituents is 4. The van der Waals surface area contributed by atoms with Crippen molar-refractivity contribution in [2.75, 3.05) is 0 Å². The summed E-state index contributed by atoms with van der Waals surface area (Å²) in [5.41, 5.74) is 0.930. The molecule has 22 heavy (non-hydrogen) atoms. The highest BCUT2D eigenvalue weighted by Gasteiger charge is 2.01. The number of hydrogen-bond donors (Lipinski definition) is 4. The van der Waals surface area contributed by atoms with Crippen LogP contribution in [0.15, 0.2) is 42.5 Å². The van der Waals surface area contributed by atoms with Crippen LogP contribution in [0.5, 0.6) is 23.0 Å². The fraction of sp³-hybridized carbons (Fsp3) is 0.333. The summed E-state index contributed by atoms with van der Waals surface area (Å²) in [7, 11) is 0. The first kappa shape index (κ1) is 17.7. The number of phenols is 4. The maximum absolute atomic E-state index is 9.49. The van der Waals surface area contributed by atoms with Gasteiger partial charge in [0.25, 0.3) is 0 Å². The Morgan fingerprint density at radius 2 is 1.23 bits per heavy atom.